The first-order chi connectivity index (χ1) is 9.28. The molecule has 0 saturated carbocycles. The average molecular weight is 260 g/mol. The fourth-order valence-electron chi connectivity index (χ4n) is 3.37. The molecule has 2 atom stereocenters. The molecule has 1 aromatic rings. The van der Waals surface area contributed by atoms with Gasteiger partial charge in [-0.15, -0.1) is 6.42 Å². The van der Waals surface area contributed by atoms with Crippen molar-refractivity contribution in [2.45, 2.75) is 50.2 Å². The molecule has 2 fully saturated rings. The Hall–Kier alpha value is -1.38. The maximum Gasteiger partial charge on any atom is 0.240 e. The van der Waals surface area contributed by atoms with E-state index < -0.39 is 0 Å². The van der Waals surface area contributed by atoms with Crippen molar-refractivity contribution in [3.63, 3.8) is 0 Å². The summed E-state index contributed by atoms with van der Waals surface area (Å²) in [5.74, 6) is 4.50. The maximum absolute atomic E-state index is 5.28. The number of nitrogens with one attached hydrogen (secondary N) is 1. The molecular weight excluding hydrogens is 240 g/mol. The van der Waals surface area contributed by atoms with E-state index in [1.807, 2.05) is 0 Å². The summed E-state index contributed by atoms with van der Waals surface area (Å²) >= 11 is 0. The first-order valence-electron chi connectivity index (χ1n) is 6.96. The molecule has 5 heteroatoms. The zero-order chi connectivity index (χ0) is 13.2. The summed E-state index contributed by atoms with van der Waals surface area (Å²) in [6, 6.07) is 1.40. The standard InChI is InChI=1S/C14H20N4O/c1-3-6-15-9-13-16-14(17-19-13)10-7-11-4-5-12(8-10)18(11)2/h1,10-12,15H,4-9H2,2H3. The number of piperidine rings is 1. The van der Waals surface area contributed by atoms with Gasteiger partial charge in [-0.1, -0.05) is 11.1 Å². The van der Waals surface area contributed by atoms with Crippen LogP contribution in [0.4, 0.5) is 0 Å². The smallest absolute Gasteiger partial charge is 0.240 e. The van der Waals surface area contributed by atoms with E-state index in [1.165, 1.54) is 12.8 Å². The van der Waals surface area contributed by atoms with Gasteiger partial charge in [0.1, 0.15) is 0 Å². The number of terminal acetylenes is 1. The van der Waals surface area contributed by atoms with E-state index in [9.17, 15) is 0 Å². The zero-order valence-corrected chi connectivity index (χ0v) is 11.3. The number of hydrogen-bond donors (Lipinski definition) is 1. The molecule has 0 aromatic carbocycles. The molecular formula is C14H20N4O. The lowest BCUT2D eigenvalue weighted by molar-refractivity contribution is 0.157. The minimum absolute atomic E-state index is 0.457. The second-order valence-electron chi connectivity index (χ2n) is 5.57. The van der Waals surface area contributed by atoms with E-state index in [4.69, 9.17) is 10.9 Å². The second-order valence-corrected chi connectivity index (χ2v) is 5.57. The van der Waals surface area contributed by atoms with Crippen molar-refractivity contribution in [3.8, 4) is 12.3 Å². The highest BCUT2D eigenvalue weighted by molar-refractivity contribution is 5.05. The molecule has 3 heterocycles. The topological polar surface area (TPSA) is 54.2 Å². The fourth-order valence-corrected chi connectivity index (χ4v) is 3.37. The van der Waals surface area contributed by atoms with E-state index in [-0.39, 0.29) is 0 Å². The molecule has 5 nitrogen and oxygen atoms in total. The zero-order valence-electron chi connectivity index (χ0n) is 11.3. The Kier molecular flexibility index (Phi) is 3.54. The van der Waals surface area contributed by atoms with Crippen molar-refractivity contribution in [3.05, 3.63) is 11.7 Å². The van der Waals surface area contributed by atoms with Gasteiger partial charge in [0.15, 0.2) is 5.82 Å². The van der Waals surface area contributed by atoms with Crippen LogP contribution in [0, 0.1) is 12.3 Å². The fraction of sp³-hybridized carbons (Fsp3) is 0.714. The van der Waals surface area contributed by atoms with Crippen LogP contribution in [0.1, 0.15) is 43.3 Å². The third-order valence-corrected chi connectivity index (χ3v) is 4.45. The predicted molar refractivity (Wildman–Crippen MR) is 71.4 cm³/mol. The summed E-state index contributed by atoms with van der Waals surface area (Å²) in [5.41, 5.74) is 0. The van der Waals surface area contributed by atoms with Crippen molar-refractivity contribution in [1.29, 1.82) is 0 Å². The number of fused-ring (bicyclic) bond motifs is 2. The Bertz CT molecular complexity index is 464. The van der Waals surface area contributed by atoms with Crippen LogP contribution in [-0.4, -0.2) is 40.7 Å². The SMILES string of the molecule is C#CCNCc1nc(C2CC3CCC(C2)N3C)no1. The van der Waals surface area contributed by atoms with Gasteiger partial charge in [0.05, 0.1) is 13.1 Å². The van der Waals surface area contributed by atoms with Crippen molar-refractivity contribution in [1.82, 2.24) is 20.4 Å². The van der Waals surface area contributed by atoms with E-state index in [0.29, 0.717) is 37.0 Å². The quantitative estimate of drug-likeness (QED) is 0.650. The van der Waals surface area contributed by atoms with Crippen molar-refractivity contribution < 1.29 is 4.52 Å². The molecule has 3 rings (SSSR count). The summed E-state index contributed by atoms with van der Waals surface area (Å²) in [6.07, 6.45) is 10.1. The first kappa shape index (κ1) is 12.6. The molecule has 1 aromatic heterocycles. The van der Waals surface area contributed by atoms with Gasteiger partial charge in [0.25, 0.3) is 0 Å². The van der Waals surface area contributed by atoms with Crippen LogP contribution >= 0.6 is 0 Å². The number of aromatic nitrogens is 2. The van der Waals surface area contributed by atoms with Gasteiger partial charge in [-0.25, -0.2) is 0 Å². The normalized spacial score (nSPS) is 30.4. The van der Waals surface area contributed by atoms with Crippen LogP contribution in [0.2, 0.25) is 0 Å². The molecule has 0 spiro atoms. The van der Waals surface area contributed by atoms with Gasteiger partial charge >= 0.3 is 0 Å². The van der Waals surface area contributed by atoms with Crippen LogP contribution in [0.25, 0.3) is 0 Å². The summed E-state index contributed by atoms with van der Waals surface area (Å²) in [6.45, 7) is 1.08. The number of nitrogens with zero attached hydrogens (tertiary/aromatic N) is 3. The molecule has 2 saturated heterocycles. The van der Waals surface area contributed by atoms with Gasteiger partial charge in [-0.05, 0) is 32.7 Å². The highest BCUT2D eigenvalue weighted by Crippen LogP contribution is 2.41. The van der Waals surface area contributed by atoms with Gasteiger partial charge in [0, 0.05) is 18.0 Å². The third kappa shape index (κ3) is 2.51. The largest absolute Gasteiger partial charge is 0.338 e. The molecule has 2 unspecified atom stereocenters. The van der Waals surface area contributed by atoms with E-state index >= 15 is 0 Å². The van der Waals surface area contributed by atoms with Crippen LogP contribution < -0.4 is 5.32 Å². The van der Waals surface area contributed by atoms with E-state index in [0.717, 1.165) is 18.7 Å². The highest BCUT2D eigenvalue weighted by atomic mass is 16.5. The minimum Gasteiger partial charge on any atom is -0.338 e. The first-order valence-corrected chi connectivity index (χ1v) is 6.96. The second kappa shape index (κ2) is 5.32. The van der Waals surface area contributed by atoms with Crippen LogP contribution in [0.3, 0.4) is 0 Å². The minimum atomic E-state index is 0.457. The molecule has 0 amide bonds. The number of hydrogen-bond acceptors (Lipinski definition) is 5. The summed E-state index contributed by atoms with van der Waals surface area (Å²) in [5, 5.41) is 7.21. The third-order valence-electron chi connectivity index (χ3n) is 4.45. The van der Waals surface area contributed by atoms with Crippen molar-refractivity contribution >= 4 is 0 Å². The van der Waals surface area contributed by atoms with Crippen LogP contribution in [-0.2, 0) is 6.54 Å². The van der Waals surface area contributed by atoms with E-state index in [2.05, 4.69) is 33.3 Å². The Labute approximate surface area is 113 Å². The maximum atomic E-state index is 5.28. The molecule has 102 valence electrons. The van der Waals surface area contributed by atoms with Gasteiger partial charge < -0.3 is 9.42 Å². The van der Waals surface area contributed by atoms with Crippen LogP contribution in [0.5, 0.6) is 0 Å². The molecule has 1 N–H and O–H groups in total. The Morgan fingerprint density at radius 1 is 1.42 bits per heavy atom. The lowest BCUT2D eigenvalue weighted by atomic mass is 9.90. The Balaban J connectivity index is 1.62. The summed E-state index contributed by atoms with van der Waals surface area (Å²) < 4.78 is 5.28. The average Bonchev–Trinajstić information content (AvgIpc) is 2.93. The molecule has 2 aliphatic heterocycles. The molecule has 0 aliphatic carbocycles. The van der Waals surface area contributed by atoms with Gasteiger partial charge in [-0.2, -0.15) is 4.98 Å². The van der Waals surface area contributed by atoms with Gasteiger partial charge in [-0.3, -0.25) is 5.32 Å². The lowest BCUT2D eigenvalue weighted by Crippen LogP contribution is -2.39. The molecule has 2 bridgehead atoms. The lowest BCUT2D eigenvalue weighted by Gasteiger charge is -2.34. The van der Waals surface area contributed by atoms with Crippen molar-refractivity contribution in [2.24, 2.45) is 0 Å². The monoisotopic (exact) mass is 260 g/mol. The number of rotatable bonds is 4. The Morgan fingerprint density at radius 3 is 2.84 bits per heavy atom. The Morgan fingerprint density at radius 2 is 2.16 bits per heavy atom. The molecule has 0 radical (unpaired) electrons. The van der Waals surface area contributed by atoms with Gasteiger partial charge in [0.2, 0.25) is 5.89 Å². The summed E-state index contributed by atoms with van der Waals surface area (Å²) in [4.78, 5) is 7.02. The molecule has 2 aliphatic rings. The predicted octanol–water partition coefficient (Wildman–Crippen LogP) is 1.13. The molecule has 19 heavy (non-hydrogen) atoms. The van der Waals surface area contributed by atoms with Crippen molar-refractivity contribution in [2.75, 3.05) is 13.6 Å². The highest BCUT2D eigenvalue weighted by Gasteiger charge is 2.40. The summed E-state index contributed by atoms with van der Waals surface area (Å²) in [7, 11) is 2.24. The van der Waals surface area contributed by atoms with Crippen LogP contribution in [0.15, 0.2) is 4.52 Å². The van der Waals surface area contributed by atoms with E-state index in [1.54, 1.807) is 0 Å².